The minimum Gasteiger partial charge on any atom is -0.467 e. The molecule has 1 aromatic heterocycles. The van der Waals surface area contributed by atoms with Gasteiger partial charge in [0.15, 0.2) is 0 Å². The third-order valence-corrected chi connectivity index (χ3v) is 3.54. The predicted molar refractivity (Wildman–Crippen MR) is 77.5 cm³/mol. The summed E-state index contributed by atoms with van der Waals surface area (Å²) in [6, 6.07) is 7.35. The first kappa shape index (κ1) is 13.9. The summed E-state index contributed by atoms with van der Waals surface area (Å²) in [5, 5.41) is 1.66. The Morgan fingerprint density at radius 1 is 1.37 bits per heavy atom. The average Bonchev–Trinajstić information content (AvgIpc) is 2.80. The van der Waals surface area contributed by atoms with Crippen molar-refractivity contribution in [3.8, 4) is 0 Å². The number of nitrogens with zero attached hydrogens (tertiary/aromatic N) is 1. The number of benzene rings is 1. The van der Waals surface area contributed by atoms with Crippen molar-refractivity contribution in [1.82, 2.24) is 4.57 Å². The molecule has 19 heavy (non-hydrogen) atoms. The first-order valence-electron chi connectivity index (χ1n) is 6.37. The van der Waals surface area contributed by atoms with Crippen LogP contribution < -0.4 is 0 Å². The molecule has 0 spiro atoms. The van der Waals surface area contributed by atoms with Crippen molar-refractivity contribution in [2.75, 3.05) is 7.11 Å². The highest BCUT2D eigenvalue weighted by atomic mass is 35.5. The van der Waals surface area contributed by atoms with Crippen molar-refractivity contribution in [3.63, 3.8) is 0 Å². The molecular weight excluding hydrogens is 262 g/mol. The van der Waals surface area contributed by atoms with Crippen LogP contribution >= 0.6 is 11.6 Å². The summed E-state index contributed by atoms with van der Waals surface area (Å²) in [7, 11) is 1.42. The lowest BCUT2D eigenvalue weighted by molar-refractivity contribution is -0.145. The van der Waals surface area contributed by atoms with Crippen LogP contribution in [0.25, 0.3) is 10.9 Å². The quantitative estimate of drug-likeness (QED) is 0.791. The Kier molecular flexibility index (Phi) is 4.15. The molecule has 0 N–H and O–H groups in total. The van der Waals surface area contributed by atoms with Crippen LogP contribution in [-0.4, -0.2) is 17.6 Å². The first-order chi connectivity index (χ1) is 9.04. The molecule has 0 saturated heterocycles. The second kappa shape index (κ2) is 5.66. The van der Waals surface area contributed by atoms with Crippen LogP contribution in [0.4, 0.5) is 0 Å². The number of fused-ring (bicyclic) bond motifs is 1. The van der Waals surface area contributed by atoms with Gasteiger partial charge in [-0.1, -0.05) is 31.5 Å². The van der Waals surface area contributed by atoms with Crippen molar-refractivity contribution in [2.45, 2.75) is 26.3 Å². The molecule has 102 valence electrons. The number of halogens is 1. The molecule has 0 aliphatic heterocycles. The predicted octanol–water partition coefficient (Wildman–Crippen LogP) is 4.05. The molecule has 1 atom stereocenters. The summed E-state index contributed by atoms with van der Waals surface area (Å²) in [5.74, 6) is 0.187. The van der Waals surface area contributed by atoms with Crippen molar-refractivity contribution in [2.24, 2.45) is 5.92 Å². The van der Waals surface area contributed by atoms with E-state index in [1.165, 1.54) is 7.11 Å². The number of methoxy groups -OCH3 is 1. The maximum absolute atomic E-state index is 12.0. The summed E-state index contributed by atoms with van der Waals surface area (Å²) in [6.07, 6.45) is 2.64. The van der Waals surface area contributed by atoms with Crippen LogP contribution in [0.5, 0.6) is 0 Å². The number of hydrogen-bond donors (Lipinski definition) is 0. The lowest BCUT2D eigenvalue weighted by Gasteiger charge is -2.19. The van der Waals surface area contributed by atoms with Crippen LogP contribution in [0.2, 0.25) is 5.02 Å². The minimum absolute atomic E-state index is 0.217. The maximum atomic E-state index is 12.0. The monoisotopic (exact) mass is 279 g/mol. The third-order valence-electron chi connectivity index (χ3n) is 3.21. The lowest BCUT2D eigenvalue weighted by Crippen LogP contribution is -2.22. The van der Waals surface area contributed by atoms with Crippen molar-refractivity contribution in [1.29, 1.82) is 0 Å². The third kappa shape index (κ3) is 2.76. The standard InChI is InChI=1S/C15H18ClNO2/c1-10(2)9-14(15(18)19-3)17-8-7-11-12(16)5-4-6-13(11)17/h4-8,10,14H,9H2,1-3H3/t14-/m1/s1. The molecule has 0 aliphatic rings. The van der Waals surface area contributed by atoms with Crippen LogP contribution in [0, 0.1) is 5.92 Å². The average molecular weight is 280 g/mol. The topological polar surface area (TPSA) is 31.2 Å². The Bertz CT molecular complexity index is 589. The molecule has 0 saturated carbocycles. The summed E-state index contributed by atoms with van der Waals surface area (Å²) in [6.45, 7) is 4.18. The molecular formula is C15H18ClNO2. The molecule has 4 heteroatoms. The number of rotatable bonds is 4. The Balaban J connectivity index is 2.50. The van der Waals surface area contributed by atoms with E-state index in [1.807, 2.05) is 35.0 Å². The van der Waals surface area contributed by atoms with Gasteiger partial charge in [0.25, 0.3) is 0 Å². The van der Waals surface area contributed by atoms with Gasteiger partial charge in [-0.3, -0.25) is 0 Å². The minimum atomic E-state index is -0.305. The number of carbonyl (C=O) groups is 1. The van der Waals surface area contributed by atoms with Gasteiger partial charge >= 0.3 is 5.97 Å². The summed E-state index contributed by atoms with van der Waals surface area (Å²) in [5.41, 5.74) is 0.962. The second-order valence-corrected chi connectivity index (χ2v) is 5.47. The van der Waals surface area contributed by atoms with Crippen molar-refractivity contribution < 1.29 is 9.53 Å². The highest BCUT2D eigenvalue weighted by Gasteiger charge is 2.23. The van der Waals surface area contributed by atoms with E-state index in [0.29, 0.717) is 10.9 Å². The Morgan fingerprint density at radius 2 is 2.11 bits per heavy atom. The van der Waals surface area contributed by atoms with Crippen LogP contribution in [0.15, 0.2) is 30.5 Å². The van der Waals surface area contributed by atoms with E-state index in [4.69, 9.17) is 16.3 Å². The normalized spacial score (nSPS) is 12.9. The molecule has 0 radical (unpaired) electrons. The van der Waals surface area contributed by atoms with Crippen molar-refractivity contribution in [3.05, 3.63) is 35.5 Å². The van der Waals surface area contributed by atoms with Gasteiger partial charge < -0.3 is 9.30 Å². The second-order valence-electron chi connectivity index (χ2n) is 5.06. The van der Waals surface area contributed by atoms with E-state index in [2.05, 4.69) is 13.8 Å². The molecule has 3 nitrogen and oxygen atoms in total. The van der Waals surface area contributed by atoms with Crippen LogP contribution in [0.3, 0.4) is 0 Å². The van der Waals surface area contributed by atoms with E-state index in [9.17, 15) is 4.79 Å². The molecule has 0 bridgehead atoms. The summed E-state index contributed by atoms with van der Waals surface area (Å²) >= 11 is 6.16. The van der Waals surface area contributed by atoms with E-state index < -0.39 is 0 Å². The van der Waals surface area contributed by atoms with E-state index >= 15 is 0 Å². The van der Waals surface area contributed by atoms with Gasteiger partial charge in [0, 0.05) is 16.6 Å². The van der Waals surface area contributed by atoms with Gasteiger partial charge in [0.1, 0.15) is 6.04 Å². The molecule has 0 amide bonds. The largest absolute Gasteiger partial charge is 0.467 e. The number of carbonyl (C=O) groups excluding carboxylic acids is 1. The highest BCUT2D eigenvalue weighted by molar-refractivity contribution is 6.35. The fraction of sp³-hybridized carbons (Fsp3) is 0.400. The zero-order valence-corrected chi connectivity index (χ0v) is 12.1. The number of esters is 1. The highest BCUT2D eigenvalue weighted by Crippen LogP contribution is 2.29. The van der Waals surface area contributed by atoms with E-state index in [-0.39, 0.29) is 12.0 Å². The van der Waals surface area contributed by atoms with Crippen molar-refractivity contribution >= 4 is 28.5 Å². The zero-order chi connectivity index (χ0) is 14.0. The van der Waals surface area contributed by atoms with Gasteiger partial charge in [-0.15, -0.1) is 0 Å². The van der Waals surface area contributed by atoms with E-state index in [1.54, 1.807) is 0 Å². The number of ether oxygens (including phenoxy) is 1. The SMILES string of the molecule is COC(=O)[C@@H](CC(C)C)n1ccc2c(Cl)cccc21. The van der Waals surface area contributed by atoms with E-state index in [0.717, 1.165) is 17.3 Å². The Hall–Kier alpha value is -1.48. The number of aromatic nitrogens is 1. The molecule has 0 unspecified atom stereocenters. The lowest BCUT2D eigenvalue weighted by atomic mass is 10.0. The fourth-order valence-electron chi connectivity index (χ4n) is 2.33. The van der Waals surface area contributed by atoms with Gasteiger partial charge in [0.2, 0.25) is 0 Å². The smallest absolute Gasteiger partial charge is 0.328 e. The Labute approximate surface area is 118 Å². The summed E-state index contributed by atoms with van der Waals surface area (Å²) < 4.78 is 6.87. The molecule has 2 rings (SSSR count). The molecule has 0 aliphatic carbocycles. The Morgan fingerprint density at radius 3 is 2.74 bits per heavy atom. The summed E-state index contributed by atoms with van der Waals surface area (Å²) in [4.78, 5) is 12.0. The van der Waals surface area contributed by atoms with Gasteiger partial charge in [-0.2, -0.15) is 0 Å². The van der Waals surface area contributed by atoms with Gasteiger partial charge in [-0.05, 0) is 30.5 Å². The van der Waals surface area contributed by atoms with Crippen LogP contribution in [-0.2, 0) is 9.53 Å². The van der Waals surface area contributed by atoms with Crippen LogP contribution in [0.1, 0.15) is 26.3 Å². The number of hydrogen-bond acceptors (Lipinski definition) is 2. The zero-order valence-electron chi connectivity index (χ0n) is 11.4. The maximum Gasteiger partial charge on any atom is 0.328 e. The fourth-order valence-corrected chi connectivity index (χ4v) is 2.56. The molecule has 0 fully saturated rings. The molecule has 1 heterocycles. The van der Waals surface area contributed by atoms with Gasteiger partial charge in [0.05, 0.1) is 12.6 Å². The molecule has 1 aromatic carbocycles. The first-order valence-corrected chi connectivity index (χ1v) is 6.75. The van der Waals surface area contributed by atoms with Gasteiger partial charge in [-0.25, -0.2) is 4.79 Å². The molecule has 2 aromatic rings.